The zero-order valence-electron chi connectivity index (χ0n) is 13.3. The molecular formula is C16H24Cl2N4O. The van der Waals surface area contributed by atoms with E-state index in [1.54, 1.807) is 0 Å². The van der Waals surface area contributed by atoms with Crippen LogP contribution in [0.25, 0.3) is 5.65 Å². The molecule has 1 N–H and O–H groups in total. The number of likely N-dealkylation sites (tertiary alicyclic amines) is 1. The van der Waals surface area contributed by atoms with Crippen LogP contribution in [0.1, 0.15) is 18.5 Å². The summed E-state index contributed by atoms with van der Waals surface area (Å²) in [6.45, 7) is 2.73. The first kappa shape index (κ1) is 19.7. The molecular weight excluding hydrogens is 335 g/mol. The Labute approximate surface area is 149 Å². The highest BCUT2D eigenvalue weighted by molar-refractivity contribution is 5.85. The molecule has 1 atom stereocenters. The average molecular weight is 359 g/mol. The average Bonchev–Trinajstić information content (AvgIpc) is 2.90. The third-order valence-corrected chi connectivity index (χ3v) is 4.11. The Bertz CT molecular complexity index is 596. The van der Waals surface area contributed by atoms with E-state index < -0.39 is 0 Å². The number of aromatic nitrogens is 2. The van der Waals surface area contributed by atoms with E-state index in [-0.39, 0.29) is 30.7 Å². The number of nitrogens with zero attached hydrogens (tertiary/aromatic N) is 3. The second-order valence-corrected chi connectivity index (χ2v) is 5.78. The van der Waals surface area contributed by atoms with Crippen LogP contribution < -0.4 is 5.32 Å². The van der Waals surface area contributed by atoms with Crippen LogP contribution in [0.5, 0.6) is 0 Å². The van der Waals surface area contributed by atoms with E-state index in [1.807, 2.05) is 46.9 Å². The summed E-state index contributed by atoms with van der Waals surface area (Å²) in [5.41, 5.74) is 1.74. The zero-order valence-corrected chi connectivity index (χ0v) is 14.9. The van der Waals surface area contributed by atoms with Crippen molar-refractivity contribution in [1.29, 1.82) is 0 Å². The molecule has 0 spiro atoms. The van der Waals surface area contributed by atoms with Gasteiger partial charge < -0.3 is 14.6 Å². The Morgan fingerprint density at radius 3 is 2.96 bits per heavy atom. The van der Waals surface area contributed by atoms with E-state index in [0.29, 0.717) is 12.3 Å². The monoisotopic (exact) mass is 358 g/mol. The van der Waals surface area contributed by atoms with Gasteiger partial charge in [-0.25, -0.2) is 4.98 Å². The maximum absolute atomic E-state index is 12.5. The summed E-state index contributed by atoms with van der Waals surface area (Å²) in [7, 11) is 1.97. The lowest BCUT2D eigenvalue weighted by Gasteiger charge is -2.32. The molecule has 128 valence electrons. The standard InChI is InChI=1S/C16H22N4O.2ClH/c1-17-10-13-5-4-8-20(11-13)16(21)9-14-12-19-7-3-2-6-15(19)18-14;;/h2-3,6-7,12-13,17H,4-5,8-11H2,1H3;2*1H. The lowest BCUT2D eigenvalue weighted by molar-refractivity contribution is -0.132. The number of carbonyl (C=O) groups is 1. The van der Waals surface area contributed by atoms with Gasteiger partial charge in [-0.2, -0.15) is 0 Å². The van der Waals surface area contributed by atoms with Crippen LogP contribution in [0.4, 0.5) is 0 Å². The number of amides is 1. The quantitative estimate of drug-likeness (QED) is 0.910. The summed E-state index contributed by atoms with van der Waals surface area (Å²) in [4.78, 5) is 19.0. The number of pyridine rings is 1. The van der Waals surface area contributed by atoms with Crippen LogP contribution >= 0.6 is 24.8 Å². The molecule has 0 aliphatic carbocycles. The molecule has 0 radical (unpaired) electrons. The van der Waals surface area contributed by atoms with E-state index in [9.17, 15) is 4.79 Å². The first-order chi connectivity index (χ1) is 10.3. The van der Waals surface area contributed by atoms with E-state index >= 15 is 0 Å². The number of piperidine rings is 1. The van der Waals surface area contributed by atoms with Crippen molar-refractivity contribution in [3.05, 3.63) is 36.3 Å². The number of fused-ring (bicyclic) bond motifs is 1. The van der Waals surface area contributed by atoms with Crippen molar-refractivity contribution >= 4 is 36.4 Å². The van der Waals surface area contributed by atoms with Gasteiger partial charge in [0.05, 0.1) is 12.1 Å². The predicted octanol–water partition coefficient (Wildman–Crippen LogP) is 2.18. The number of carbonyl (C=O) groups excluding carboxylic acids is 1. The van der Waals surface area contributed by atoms with Gasteiger partial charge in [0.15, 0.2) is 0 Å². The molecule has 0 aromatic carbocycles. The minimum Gasteiger partial charge on any atom is -0.342 e. The van der Waals surface area contributed by atoms with E-state index in [0.717, 1.165) is 37.4 Å². The summed E-state index contributed by atoms with van der Waals surface area (Å²) < 4.78 is 1.96. The summed E-state index contributed by atoms with van der Waals surface area (Å²) in [5.74, 6) is 0.771. The first-order valence-electron chi connectivity index (χ1n) is 7.61. The third kappa shape index (κ3) is 4.83. The van der Waals surface area contributed by atoms with Crippen molar-refractivity contribution in [3.8, 4) is 0 Å². The summed E-state index contributed by atoms with van der Waals surface area (Å²) >= 11 is 0. The van der Waals surface area contributed by atoms with Gasteiger partial charge in [0.2, 0.25) is 5.91 Å². The van der Waals surface area contributed by atoms with Gasteiger partial charge >= 0.3 is 0 Å². The molecule has 1 saturated heterocycles. The maximum atomic E-state index is 12.5. The lowest BCUT2D eigenvalue weighted by Crippen LogP contribution is -2.43. The largest absolute Gasteiger partial charge is 0.342 e. The number of nitrogens with one attached hydrogen (secondary N) is 1. The van der Waals surface area contributed by atoms with Gasteiger partial charge in [0, 0.05) is 25.5 Å². The molecule has 1 aliphatic rings. The van der Waals surface area contributed by atoms with Crippen molar-refractivity contribution in [3.63, 3.8) is 0 Å². The molecule has 3 rings (SSSR count). The topological polar surface area (TPSA) is 49.6 Å². The van der Waals surface area contributed by atoms with Crippen molar-refractivity contribution in [1.82, 2.24) is 19.6 Å². The number of imidazole rings is 1. The Balaban J connectivity index is 0.00000132. The molecule has 0 bridgehead atoms. The normalized spacial score (nSPS) is 17.4. The Morgan fingerprint density at radius 2 is 2.22 bits per heavy atom. The predicted molar refractivity (Wildman–Crippen MR) is 96.6 cm³/mol. The summed E-state index contributed by atoms with van der Waals surface area (Å²) in [6, 6.07) is 5.88. The Morgan fingerprint density at radius 1 is 1.39 bits per heavy atom. The second-order valence-electron chi connectivity index (χ2n) is 5.78. The molecule has 1 aliphatic heterocycles. The van der Waals surface area contributed by atoms with Crippen LogP contribution in [0.2, 0.25) is 0 Å². The molecule has 1 fully saturated rings. The molecule has 1 unspecified atom stereocenters. The molecule has 2 aromatic heterocycles. The van der Waals surface area contributed by atoms with Gasteiger partial charge in [0.1, 0.15) is 5.65 Å². The summed E-state index contributed by atoms with van der Waals surface area (Å²) in [5, 5.41) is 3.21. The Kier molecular flexibility index (Phi) is 7.82. The Hall–Kier alpha value is -1.30. The molecule has 0 saturated carbocycles. The number of rotatable bonds is 4. The molecule has 3 heterocycles. The lowest BCUT2D eigenvalue weighted by atomic mass is 9.97. The fourth-order valence-electron chi connectivity index (χ4n) is 3.09. The molecule has 2 aromatic rings. The highest BCUT2D eigenvalue weighted by atomic mass is 35.5. The maximum Gasteiger partial charge on any atom is 0.228 e. The molecule has 23 heavy (non-hydrogen) atoms. The second kappa shape index (κ2) is 9.11. The van der Waals surface area contributed by atoms with Crippen LogP contribution in [0.3, 0.4) is 0 Å². The van der Waals surface area contributed by atoms with Gasteiger partial charge in [-0.15, -0.1) is 24.8 Å². The van der Waals surface area contributed by atoms with E-state index in [1.165, 1.54) is 6.42 Å². The van der Waals surface area contributed by atoms with E-state index in [4.69, 9.17) is 0 Å². The number of hydrogen-bond acceptors (Lipinski definition) is 3. The van der Waals surface area contributed by atoms with Crippen molar-refractivity contribution in [2.75, 3.05) is 26.7 Å². The summed E-state index contributed by atoms with van der Waals surface area (Å²) in [6.07, 6.45) is 6.61. The highest BCUT2D eigenvalue weighted by Crippen LogP contribution is 2.17. The third-order valence-electron chi connectivity index (χ3n) is 4.11. The molecule has 7 heteroatoms. The van der Waals surface area contributed by atoms with Gasteiger partial charge in [-0.3, -0.25) is 4.79 Å². The minimum absolute atomic E-state index is 0. The first-order valence-corrected chi connectivity index (χ1v) is 7.61. The van der Waals surface area contributed by atoms with Crippen LogP contribution in [-0.2, 0) is 11.2 Å². The highest BCUT2D eigenvalue weighted by Gasteiger charge is 2.23. The SMILES string of the molecule is CNCC1CCCN(C(=O)Cc2cn3ccccc3n2)C1.Cl.Cl. The van der Waals surface area contributed by atoms with Gasteiger partial charge in [-0.05, 0) is 44.5 Å². The number of halogens is 2. The number of hydrogen-bond donors (Lipinski definition) is 1. The van der Waals surface area contributed by atoms with Crippen LogP contribution in [-0.4, -0.2) is 46.9 Å². The fraction of sp³-hybridized carbons (Fsp3) is 0.500. The molecule has 5 nitrogen and oxygen atoms in total. The van der Waals surface area contributed by atoms with Crippen molar-refractivity contribution in [2.24, 2.45) is 5.92 Å². The fourth-order valence-corrected chi connectivity index (χ4v) is 3.09. The van der Waals surface area contributed by atoms with Gasteiger partial charge in [0.25, 0.3) is 0 Å². The van der Waals surface area contributed by atoms with Crippen molar-refractivity contribution < 1.29 is 4.79 Å². The van der Waals surface area contributed by atoms with Gasteiger partial charge in [-0.1, -0.05) is 6.07 Å². The van der Waals surface area contributed by atoms with E-state index in [2.05, 4.69) is 10.3 Å². The van der Waals surface area contributed by atoms with Crippen molar-refractivity contribution in [2.45, 2.75) is 19.3 Å². The molecule has 1 amide bonds. The zero-order chi connectivity index (χ0) is 14.7. The van der Waals surface area contributed by atoms with Crippen LogP contribution in [0.15, 0.2) is 30.6 Å². The van der Waals surface area contributed by atoms with Crippen LogP contribution in [0, 0.1) is 5.92 Å². The smallest absolute Gasteiger partial charge is 0.228 e. The minimum atomic E-state index is 0.